The summed E-state index contributed by atoms with van der Waals surface area (Å²) in [6.45, 7) is 2.28. The first-order valence-corrected chi connectivity index (χ1v) is 14.9. The molecule has 0 saturated carbocycles. The van der Waals surface area contributed by atoms with Crippen LogP contribution in [0.25, 0.3) is 0 Å². The van der Waals surface area contributed by atoms with E-state index in [1.165, 1.54) is 86.5 Å². The fourth-order valence-electron chi connectivity index (χ4n) is 5.18. The lowest BCUT2D eigenvalue weighted by Crippen LogP contribution is -2.32. The predicted molar refractivity (Wildman–Crippen MR) is 158 cm³/mol. The first kappa shape index (κ1) is 27.8. The van der Waals surface area contributed by atoms with Gasteiger partial charge in [0.2, 0.25) is 0 Å². The molecule has 0 radical (unpaired) electrons. The van der Waals surface area contributed by atoms with E-state index in [2.05, 4.69) is 119 Å². The van der Waals surface area contributed by atoms with E-state index in [1.54, 1.807) is 0 Å². The van der Waals surface area contributed by atoms with Gasteiger partial charge < -0.3 is 0 Å². The van der Waals surface area contributed by atoms with Crippen LogP contribution < -0.4 is 9.13 Å². The molecule has 0 N–H and O–H groups in total. The van der Waals surface area contributed by atoms with Crippen molar-refractivity contribution in [3.8, 4) is 0 Å². The van der Waals surface area contributed by atoms with Gasteiger partial charge in [-0.05, 0) is 47.9 Å². The predicted octanol–water partition coefficient (Wildman–Crippen LogP) is 8.04. The summed E-state index contributed by atoms with van der Waals surface area (Å²) in [5.74, 6) is 0. The van der Waals surface area contributed by atoms with Gasteiger partial charge in [-0.25, -0.2) is 9.13 Å². The molecule has 0 aliphatic rings. The molecular weight excluding hydrogens is 460 g/mol. The van der Waals surface area contributed by atoms with Crippen LogP contribution >= 0.6 is 0 Å². The number of benzene rings is 2. The highest BCUT2D eigenvalue weighted by Gasteiger charge is 2.04. The van der Waals surface area contributed by atoms with E-state index in [9.17, 15) is 0 Å². The van der Waals surface area contributed by atoms with Gasteiger partial charge in [0.05, 0.1) is 0 Å². The zero-order chi connectivity index (χ0) is 26.1. The Morgan fingerprint density at radius 2 is 0.605 bits per heavy atom. The topological polar surface area (TPSA) is 7.76 Å². The molecule has 2 nitrogen and oxygen atoms in total. The Kier molecular flexibility index (Phi) is 12.1. The number of aromatic nitrogens is 2. The van der Waals surface area contributed by atoms with Gasteiger partial charge in [-0.3, -0.25) is 0 Å². The van der Waals surface area contributed by atoms with Crippen molar-refractivity contribution in [1.82, 2.24) is 0 Å². The van der Waals surface area contributed by atoms with E-state index < -0.39 is 0 Å². The molecule has 0 amide bonds. The Labute approximate surface area is 231 Å². The van der Waals surface area contributed by atoms with Gasteiger partial charge in [0.1, 0.15) is 13.1 Å². The van der Waals surface area contributed by atoms with Crippen LogP contribution in [0.4, 0.5) is 0 Å². The normalized spacial score (nSPS) is 11.1. The van der Waals surface area contributed by atoms with E-state index in [0.717, 1.165) is 25.9 Å². The second kappa shape index (κ2) is 16.6. The third-order valence-corrected chi connectivity index (χ3v) is 7.51. The van der Waals surface area contributed by atoms with Crippen molar-refractivity contribution in [2.75, 3.05) is 0 Å². The van der Waals surface area contributed by atoms with Crippen LogP contribution in [0, 0.1) is 0 Å². The van der Waals surface area contributed by atoms with Gasteiger partial charge in [0, 0.05) is 37.1 Å². The standard InChI is InChI=1S/C36H46N2/c1(3-5-7-15-25-37-27-21-35(22-28-37)31-33-17-11-9-12-18-33)2-4-6-8-16-26-38-29-23-36(24-30-38)32-34-19-13-10-14-20-34/h9-14,17-24,27-30H,1-8,15-16,25-26,31-32H2/q+2. The molecular formula is C36H46N2+2. The summed E-state index contributed by atoms with van der Waals surface area (Å²) in [5.41, 5.74) is 5.54. The SMILES string of the molecule is c1ccc(Cc2cc[n+](CCCCCCCCCCCC[n+]3ccc(Cc4ccccc4)cc3)cc2)cc1. The number of rotatable bonds is 17. The quantitative estimate of drug-likeness (QED) is 0.101. The van der Waals surface area contributed by atoms with Crippen molar-refractivity contribution in [2.24, 2.45) is 0 Å². The molecule has 198 valence electrons. The van der Waals surface area contributed by atoms with Gasteiger partial charge >= 0.3 is 0 Å². The minimum absolute atomic E-state index is 1.02. The molecule has 4 aromatic rings. The molecule has 0 unspecified atom stereocenters. The maximum atomic E-state index is 2.34. The molecule has 38 heavy (non-hydrogen) atoms. The van der Waals surface area contributed by atoms with Crippen LogP contribution in [0.3, 0.4) is 0 Å². The molecule has 0 saturated heterocycles. The smallest absolute Gasteiger partial charge is 0.169 e. The van der Waals surface area contributed by atoms with Gasteiger partial charge in [-0.1, -0.05) is 99.2 Å². The lowest BCUT2D eigenvalue weighted by molar-refractivity contribution is -0.697. The monoisotopic (exact) mass is 506 g/mol. The van der Waals surface area contributed by atoms with Crippen LogP contribution in [0.2, 0.25) is 0 Å². The van der Waals surface area contributed by atoms with Crippen molar-refractivity contribution in [1.29, 1.82) is 0 Å². The molecule has 2 heteroatoms. The third kappa shape index (κ3) is 10.6. The van der Waals surface area contributed by atoms with Crippen molar-refractivity contribution in [3.63, 3.8) is 0 Å². The van der Waals surface area contributed by atoms with Gasteiger partial charge in [0.15, 0.2) is 24.8 Å². The zero-order valence-electron chi connectivity index (χ0n) is 23.2. The molecule has 2 aromatic heterocycles. The average molecular weight is 507 g/mol. The van der Waals surface area contributed by atoms with Crippen LogP contribution in [-0.2, 0) is 25.9 Å². The van der Waals surface area contributed by atoms with Crippen LogP contribution in [-0.4, -0.2) is 0 Å². The van der Waals surface area contributed by atoms with Crippen molar-refractivity contribution in [2.45, 2.75) is 90.1 Å². The summed E-state index contributed by atoms with van der Waals surface area (Å²) in [6.07, 6.45) is 24.6. The summed E-state index contributed by atoms with van der Waals surface area (Å²) in [7, 11) is 0. The largest absolute Gasteiger partial charge is 0.205 e. The first-order chi connectivity index (χ1) is 18.8. The minimum atomic E-state index is 1.02. The van der Waals surface area contributed by atoms with Crippen LogP contribution in [0.5, 0.6) is 0 Å². The van der Waals surface area contributed by atoms with Crippen LogP contribution in [0.1, 0.15) is 86.5 Å². The number of hydrogen-bond donors (Lipinski definition) is 0. The lowest BCUT2D eigenvalue weighted by Gasteiger charge is -2.03. The Bertz CT molecular complexity index is 1040. The van der Waals surface area contributed by atoms with E-state index in [-0.39, 0.29) is 0 Å². The average Bonchev–Trinajstić information content (AvgIpc) is 2.96. The summed E-state index contributed by atoms with van der Waals surface area (Å²) >= 11 is 0. The minimum Gasteiger partial charge on any atom is -0.205 e. The summed E-state index contributed by atoms with van der Waals surface area (Å²) in [5, 5.41) is 0. The molecule has 2 heterocycles. The molecule has 0 aliphatic heterocycles. The summed E-state index contributed by atoms with van der Waals surface area (Å²) < 4.78 is 4.68. The van der Waals surface area contributed by atoms with E-state index in [1.807, 2.05) is 0 Å². The maximum Gasteiger partial charge on any atom is 0.169 e. The highest BCUT2D eigenvalue weighted by atomic mass is 14.9. The van der Waals surface area contributed by atoms with E-state index >= 15 is 0 Å². The molecule has 0 fully saturated rings. The molecule has 2 aromatic carbocycles. The van der Waals surface area contributed by atoms with E-state index in [4.69, 9.17) is 0 Å². The number of pyridine rings is 2. The van der Waals surface area contributed by atoms with Crippen molar-refractivity contribution in [3.05, 3.63) is 132 Å². The fraction of sp³-hybridized carbons (Fsp3) is 0.389. The molecule has 4 rings (SSSR count). The Balaban J connectivity index is 0.954. The zero-order valence-corrected chi connectivity index (χ0v) is 23.2. The van der Waals surface area contributed by atoms with Gasteiger partial charge in [-0.2, -0.15) is 0 Å². The summed E-state index contributed by atoms with van der Waals surface area (Å²) in [6, 6.07) is 30.5. The van der Waals surface area contributed by atoms with Gasteiger partial charge in [0.25, 0.3) is 0 Å². The number of nitrogens with zero attached hydrogens (tertiary/aromatic N) is 2. The summed E-state index contributed by atoms with van der Waals surface area (Å²) in [4.78, 5) is 0. The maximum absolute atomic E-state index is 2.34. The number of aryl methyl sites for hydroxylation is 2. The number of unbranched alkanes of at least 4 members (excludes halogenated alkanes) is 9. The Morgan fingerprint density at radius 1 is 0.316 bits per heavy atom. The van der Waals surface area contributed by atoms with E-state index in [0.29, 0.717) is 0 Å². The second-order valence-corrected chi connectivity index (χ2v) is 10.7. The van der Waals surface area contributed by atoms with Crippen molar-refractivity contribution < 1.29 is 9.13 Å². The highest BCUT2D eigenvalue weighted by Crippen LogP contribution is 2.12. The van der Waals surface area contributed by atoms with Crippen LogP contribution in [0.15, 0.2) is 110 Å². The molecule has 0 aliphatic carbocycles. The second-order valence-electron chi connectivity index (χ2n) is 10.7. The Morgan fingerprint density at radius 3 is 0.947 bits per heavy atom. The fourth-order valence-corrected chi connectivity index (χ4v) is 5.18. The highest BCUT2D eigenvalue weighted by molar-refractivity contribution is 5.24. The molecule has 0 atom stereocenters. The van der Waals surface area contributed by atoms with Crippen molar-refractivity contribution >= 4 is 0 Å². The molecule has 0 bridgehead atoms. The van der Waals surface area contributed by atoms with Gasteiger partial charge in [-0.15, -0.1) is 0 Å². The lowest BCUT2D eigenvalue weighted by atomic mass is 10.1. The Hall–Kier alpha value is -3.26. The number of hydrogen-bond acceptors (Lipinski definition) is 0. The molecule has 0 spiro atoms. The first-order valence-electron chi connectivity index (χ1n) is 14.9. The third-order valence-electron chi connectivity index (χ3n) is 7.51.